The van der Waals surface area contributed by atoms with Crippen molar-refractivity contribution in [3.8, 4) is 5.75 Å². The molecule has 96 valence electrons. The maximum Gasteiger partial charge on any atom is 0.240 e. The molecule has 18 heavy (non-hydrogen) atoms. The fraction of sp³-hybridized carbons (Fsp3) is 0.333. The third-order valence-electron chi connectivity index (χ3n) is 2.56. The SMILES string of the molecule is COc1ccccc1N(C)Cc1noc(CN)n1. The van der Waals surface area contributed by atoms with E-state index < -0.39 is 0 Å². The van der Waals surface area contributed by atoms with Crippen molar-refractivity contribution >= 4 is 5.69 Å². The van der Waals surface area contributed by atoms with Crippen LogP contribution in [0, 0.1) is 0 Å². The number of benzene rings is 1. The average Bonchev–Trinajstić information content (AvgIpc) is 2.86. The number of methoxy groups -OCH3 is 1. The topological polar surface area (TPSA) is 77.4 Å². The molecule has 0 aliphatic heterocycles. The monoisotopic (exact) mass is 248 g/mol. The van der Waals surface area contributed by atoms with Crippen LogP contribution in [0.3, 0.4) is 0 Å². The van der Waals surface area contributed by atoms with Crippen LogP contribution in [0.4, 0.5) is 5.69 Å². The Hall–Kier alpha value is -2.08. The van der Waals surface area contributed by atoms with Crippen LogP contribution < -0.4 is 15.4 Å². The van der Waals surface area contributed by atoms with Crippen LogP contribution in [0.15, 0.2) is 28.8 Å². The van der Waals surface area contributed by atoms with Crippen molar-refractivity contribution < 1.29 is 9.26 Å². The van der Waals surface area contributed by atoms with E-state index in [9.17, 15) is 0 Å². The summed E-state index contributed by atoms with van der Waals surface area (Å²) >= 11 is 0. The molecule has 0 saturated carbocycles. The molecule has 0 saturated heterocycles. The van der Waals surface area contributed by atoms with E-state index in [1.165, 1.54) is 0 Å². The van der Waals surface area contributed by atoms with Crippen molar-refractivity contribution in [2.45, 2.75) is 13.1 Å². The van der Waals surface area contributed by atoms with Crippen molar-refractivity contribution in [3.05, 3.63) is 36.0 Å². The summed E-state index contributed by atoms with van der Waals surface area (Å²) in [6.45, 7) is 0.787. The van der Waals surface area contributed by atoms with Crippen LogP contribution in [-0.4, -0.2) is 24.3 Å². The number of nitrogens with zero attached hydrogens (tertiary/aromatic N) is 3. The average molecular weight is 248 g/mol. The van der Waals surface area contributed by atoms with Crippen LogP contribution in [0.2, 0.25) is 0 Å². The number of anilines is 1. The summed E-state index contributed by atoms with van der Waals surface area (Å²) in [7, 11) is 3.59. The van der Waals surface area contributed by atoms with E-state index in [4.69, 9.17) is 15.0 Å². The Balaban J connectivity index is 2.13. The summed E-state index contributed by atoms with van der Waals surface area (Å²) in [5.74, 6) is 1.85. The molecule has 0 fully saturated rings. The van der Waals surface area contributed by atoms with Gasteiger partial charge in [0.05, 0.1) is 25.9 Å². The first-order valence-electron chi connectivity index (χ1n) is 5.60. The van der Waals surface area contributed by atoms with E-state index in [2.05, 4.69) is 10.1 Å². The van der Waals surface area contributed by atoms with Gasteiger partial charge in [-0.05, 0) is 12.1 Å². The Morgan fingerprint density at radius 1 is 1.39 bits per heavy atom. The highest BCUT2D eigenvalue weighted by molar-refractivity contribution is 5.57. The molecular weight excluding hydrogens is 232 g/mol. The van der Waals surface area contributed by atoms with Gasteiger partial charge in [-0.3, -0.25) is 0 Å². The molecule has 0 aliphatic carbocycles. The van der Waals surface area contributed by atoms with Crippen molar-refractivity contribution in [1.82, 2.24) is 10.1 Å². The number of ether oxygens (including phenoxy) is 1. The first kappa shape index (κ1) is 12.4. The van der Waals surface area contributed by atoms with Crippen LogP contribution in [0.25, 0.3) is 0 Å². The second-order valence-corrected chi connectivity index (χ2v) is 3.84. The second-order valence-electron chi connectivity index (χ2n) is 3.84. The molecule has 1 aromatic heterocycles. The lowest BCUT2D eigenvalue weighted by atomic mass is 10.2. The largest absolute Gasteiger partial charge is 0.495 e. The molecule has 0 amide bonds. The predicted octanol–water partition coefficient (Wildman–Crippen LogP) is 1.17. The molecule has 6 nitrogen and oxygen atoms in total. The number of rotatable bonds is 5. The maximum atomic E-state index is 5.42. The molecule has 0 unspecified atom stereocenters. The summed E-state index contributed by atoms with van der Waals surface area (Å²) < 4.78 is 10.3. The van der Waals surface area contributed by atoms with Gasteiger partial charge in [0.15, 0.2) is 5.82 Å². The van der Waals surface area contributed by atoms with E-state index in [-0.39, 0.29) is 6.54 Å². The lowest BCUT2D eigenvalue weighted by Gasteiger charge is -2.19. The smallest absolute Gasteiger partial charge is 0.240 e. The van der Waals surface area contributed by atoms with Gasteiger partial charge in [-0.25, -0.2) is 0 Å². The standard InChI is InChI=1S/C12H16N4O2/c1-16(8-11-14-12(7-13)18-15-11)9-5-3-4-6-10(9)17-2/h3-6H,7-8,13H2,1-2H3. The van der Waals surface area contributed by atoms with Gasteiger partial charge >= 0.3 is 0 Å². The highest BCUT2D eigenvalue weighted by atomic mass is 16.5. The fourth-order valence-electron chi connectivity index (χ4n) is 1.68. The van der Waals surface area contributed by atoms with Crippen molar-refractivity contribution in [1.29, 1.82) is 0 Å². The lowest BCUT2D eigenvalue weighted by molar-refractivity contribution is 0.374. The van der Waals surface area contributed by atoms with Gasteiger partial charge in [0.1, 0.15) is 5.75 Å². The van der Waals surface area contributed by atoms with Crippen molar-refractivity contribution in [2.75, 3.05) is 19.1 Å². The van der Waals surface area contributed by atoms with Gasteiger partial charge in [0.25, 0.3) is 0 Å². The molecule has 0 aliphatic rings. The minimum atomic E-state index is 0.255. The van der Waals surface area contributed by atoms with Crippen LogP contribution in [0.1, 0.15) is 11.7 Å². The molecule has 0 radical (unpaired) electrons. The number of aromatic nitrogens is 2. The van der Waals surface area contributed by atoms with Gasteiger partial charge < -0.3 is 19.9 Å². The van der Waals surface area contributed by atoms with E-state index in [0.717, 1.165) is 11.4 Å². The molecule has 2 aromatic rings. The van der Waals surface area contributed by atoms with Crippen LogP contribution >= 0.6 is 0 Å². The summed E-state index contributed by atoms with van der Waals surface area (Å²) in [4.78, 5) is 6.15. The third kappa shape index (κ3) is 2.60. The zero-order chi connectivity index (χ0) is 13.0. The maximum absolute atomic E-state index is 5.42. The minimum Gasteiger partial charge on any atom is -0.495 e. The number of hydrogen-bond acceptors (Lipinski definition) is 6. The van der Waals surface area contributed by atoms with Gasteiger partial charge in [-0.1, -0.05) is 17.3 Å². The molecule has 2 N–H and O–H groups in total. The molecule has 0 spiro atoms. The Kier molecular flexibility index (Phi) is 3.78. The Bertz CT molecular complexity index is 512. The summed E-state index contributed by atoms with van der Waals surface area (Å²) in [5, 5.41) is 3.86. The van der Waals surface area contributed by atoms with Gasteiger partial charge in [-0.2, -0.15) is 4.98 Å². The molecule has 0 bridgehead atoms. The van der Waals surface area contributed by atoms with E-state index in [1.54, 1.807) is 7.11 Å². The normalized spacial score (nSPS) is 10.4. The molecule has 2 rings (SSSR count). The zero-order valence-electron chi connectivity index (χ0n) is 10.5. The Morgan fingerprint density at radius 2 is 2.17 bits per heavy atom. The number of hydrogen-bond donors (Lipinski definition) is 1. The molecule has 1 aromatic carbocycles. The summed E-state index contributed by atoms with van der Waals surface area (Å²) in [6.07, 6.45) is 0. The molecule has 0 atom stereocenters. The highest BCUT2D eigenvalue weighted by Gasteiger charge is 2.11. The Labute approximate surface area is 105 Å². The fourth-order valence-corrected chi connectivity index (χ4v) is 1.68. The van der Waals surface area contributed by atoms with Crippen molar-refractivity contribution in [2.24, 2.45) is 5.73 Å². The summed E-state index contributed by atoms with van der Waals surface area (Å²) in [6, 6.07) is 7.77. The molecular formula is C12H16N4O2. The first-order valence-corrected chi connectivity index (χ1v) is 5.60. The van der Waals surface area contributed by atoms with Crippen LogP contribution in [0.5, 0.6) is 5.75 Å². The van der Waals surface area contributed by atoms with Gasteiger partial charge in [0, 0.05) is 7.05 Å². The molecule has 6 heteroatoms. The van der Waals surface area contributed by atoms with E-state index in [0.29, 0.717) is 18.3 Å². The quantitative estimate of drug-likeness (QED) is 0.856. The van der Waals surface area contributed by atoms with Crippen molar-refractivity contribution in [3.63, 3.8) is 0 Å². The lowest BCUT2D eigenvalue weighted by Crippen LogP contribution is -2.18. The van der Waals surface area contributed by atoms with Gasteiger partial charge in [0.2, 0.25) is 5.89 Å². The Morgan fingerprint density at radius 3 is 2.83 bits per heavy atom. The predicted molar refractivity (Wildman–Crippen MR) is 67.3 cm³/mol. The highest BCUT2D eigenvalue weighted by Crippen LogP contribution is 2.27. The van der Waals surface area contributed by atoms with Gasteiger partial charge in [-0.15, -0.1) is 0 Å². The second kappa shape index (κ2) is 5.50. The van der Waals surface area contributed by atoms with Crippen LogP contribution in [-0.2, 0) is 13.1 Å². The van der Waals surface area contributed by atoms with E-state index in [1.807, 2.05) is 36.2 Å². The number of para-hydroxylation sites is 2. The minimum absolute atomic E-state index is 0.255. The summed E-state index contributed by atoms with van der Waals surface area (Å²) in [5.41, 5.74) is 6.39. The molecule has 1 heterocycles. The first-order chi connectivity index (χ1) is 8.74. The third-order valence-corrected chi connectivity index (χ3v) is 2.56. The number of nitrogens with two attached hydrogens (primary N) is 1. The zero-order valence-corrected chi connectivity index (χ0v) is 10.5. The van der Waals surface area contributed by atoms with E-state index >= 15 is 0 Å².